The molecule has 2 aromatic carbocycles. The largest absolute Gasteiger partial charge is 0.441 e. The van der Waals surface area contributed by atoms with Gasteiger partial charge in [-0.05, 0) is 19.4 Å². The summed E-state index contributed by atoms with van der Waals surface area (Å²) in [5.41, 5.74) is 2.95. The summed E-state index contributed by atoms with van der Waals surface area (Å²) in [6.07, 6.45) is 0.803. The van der Waals surface area contributed by atoms with Gasteiger partial charge in [-0.1, -0.05) is 59.8 Å². The number of amides is 1. The fourth-order valence-corrected chi connectivity index (χ4v) is 2.49. The number of hydrogen-bond donors (Lipinski definition) is 1. The van der Waals surface area contributed by atoms with Crippen molar-refractivity contribution < 1.29 is 18.8 Å². The number of ether oxygens (including phenoxy) is 1. The second-order valence-corrected chi connectivity index (χ2v) is 5.73. The predicted octanol–water partition coefficient (Wildman–Crippen LogP) is 4.42. The smallest absolute Gasteiger partial charge is 0.412 e. The lowest BCUT2D eigenvalue weighted by Crippen LogP contribution is -2.16. The van der Waals surface area contributed by atoms with E-state index in [0.29, 0.717) is 28.3 Å². The number of aryl methyl sites for hydroxylation is 1. The molecule has 0 bridgehead atoms. The highest BCUT2D eigenvalue weighted by Crippen LogP contribution is 2.31. The molecule has 0 aliphatic rings. The van der Waals surface area contributed by atoms with E-state index in [1.54, 1.807) is 38.1 Å². The predicted molar refractivity (Wildman–Crippen MR) is 96.4 cm³/mol. The van der Waals surface area contributed by atoms with Crippen LogP contribution in [0.4, 0.5) is 10.5 Å². The molecule has 3 aromatic rings. The second-order valence-electron chi connectivity index (χ2n) is 5.73. The van der Waals surface area contributed by atoms with Gasteiger partial charge in [-0.3, -0.25) is 10.1 Å². The number of rotatable bonds is 5. The zero-order valence-corrected chi connectivity index (χ0v) is 14.4. The summed E-state index contributed by atoms with van der Waals surface area (Å²) >= 11 is 0. The van der Waals surface area contributed by atoms with Gasteiger partial charge < -0.3 is 9.26 Å². The Morgan fingerprint density at radius 3 is 2.50 bits per heavy atom. The highest BCUT2D eigenvalue weighted by atomic mass is 16.6. The van der Waals surface area contributed by atoms with Crippen LogP contribution in [0.25, 0.3) is 11.3 Å². The van der Waals surface area contributed by atoms with Crippen molar-refractivity contribution in [2.24, 2.45) is 0 Å². The minimum Gasteiger partial charge on any atom is -0.441 e. The summed E-state index contributed by atoms with van der Waals surface area (Å²) in [5.74, 6) is 0.393. The molecular weight excluding hydrogens is 332 g/mol. The fraction of sp³-hybridized carbons (Fsp3) is 0.150. The number of carbonyl (C=O) groups excluding carboxylic acids is 2. The van der Waals surface area contributed by atoms with Crippen molar-refractivity contribution in [2.45, 2.75) is 20.0 Å². The van der Waals surface area contributed by atoms with Gasteiger partial charge in [-0.15, -0.1) is 0 Å². The van der Waals surface area contributed by atoms with Crippen molar-refractivity contribution in [1.29, 1.82) is 0 Å². The Balaban J connectivity index is 1.76. The van der Waals surface area contributed by atoms with E-state index in [0.717, 1.165) is 5.56 Å². The molecular formula is C20H17N2O4. The number of aromatic nitrogens is 1. The summed E-state index contributed by atoms with van der Waals surface area (Å²) in [6.45, 7) is 3.52. The first-order valence-corrected chi connectivity index (χ1v) is 8.06. The van der Waals surface area contributed by atoms with E-state index in [9.17, 15) is 9.59 Å². The van der Waals surface area contributed by atoms with E-state index in [1.165, 1.54) is 0 Å². The van der Waals surface area contributed by atoms with Crippen LogP contribution in [0.3, 0.4) is 0 Å². The fourth-order valence-electron chi connectivity index (χ4n) is 2.49. The van der Waals surface area contributed by atoms with Crippen molar-refractivity contribution in [3.8, 4) is 11.3 Å². The molecule has 0 aliphatic heterocycles. The van der Waals surface area contributed by atoms with Gasteiger partial charge in [-0.2, -0.15) is 0 Å². The molecule has 1 aromatic heterocycles. The van der Waals surface area contributed by atoms with Crippen LogP contribution in [-0.4, -0.2) is 17.5 Å². The van der Waals surface area contributed by atoms with Crippen molar-refractivity contribution in [3.05, 3.63) is 71.4 Å². The van der Waals surface area contributed by atoms with Crippen LogP contribution in [0, 0.1) is 6.92 Å². The van der Waals surface area contributed by atoms with E-state index in [2.05, 4.69) is 10.5 Å². The molecule has 0 saturated carbocycles. The summed E-state index contributed by atoms with van der Waals surface area (Å²) in [5, 5.41) is 6.60. The Bertz CT molecular complexity index is 901. The Morgan fingerprint density at radius 1 is 1.15 bits per heavy atom. The molecule has 131 valence electrons. The molecule has 0 spiro atoms. The highest BCUT2D eigenvalue weighted by Gasteiger charge is 2.19. The molecule has 1 N–H and O–H groups in total. The molecule has 1 radical (unpaired) electrons. The van der Waals surface area contributed by atoms with Gasteiger partial charge in [0.15, 0.2) is 5.76 Å². The Labute approximate surface area is 150 Å². The first-order chi connectivity index (χ1) is 12.6. The quantitative estimate of drug-likeness (QED) is 0.737. The van der Waals surface area contributed by atoms with Gasteiger partial charge in [-0.25, -0.2) is 4.79 Å². The molecule has 3 rings (SSSR count). The second kappa shape index (κ2) is 7.65. The van der Waals surface area contributed by atoms with Crippen LogP contribution in [0.1, 0.15) is 29.8 Å². The number of carbonyl (C=O) groups is 1. The molecule has 6 nitrogen and oxygen atoms in total. The third-order valence-corrected chi connectivity index (χ3v) is 3.91. The van der Waals surface area contributed by atoms with Gasteiger partial charge in [0, 0.05) is 11.1 Å². The maximum atomic E-state index is 12.3. The molecule has 1 atom stereocenters. The summed E-state index contributed by atoms with van der Waals surface area (Å²) in [7, 11) is 0. The normalized spacial score (nSPS) is 11.6. The van der Waals surface area contributed by atoms with Gasteiger partial charge in [0.1, 0.15) is 17.5 Å². The zero-order chi connectivity index (χ0) is 18.5. The lowest BCUT2D eigenvalue weighted by molar-refractivity contribution is 0.121. The summed E-state index contributed by atoms with van der Waals surface area (Å²) < 4.78 is 10.7. The van der Waals surface area contributed by atoms with Crippen LogP contribution in [-0.2, 0) is 9.53 Å². The minimum atomic E-state index is -0.605. The maximum Gasteiger partial charge on any atom is 0.412 e. The number of nitrogens with one attached hydrogen (secondary N) is 1. The highest BCUT2D eigenvalue weighted by molar-refractivity contribution is 5.91. The van der Waals surface area contributed by atoms with Gasteiger partial charge in [0.05, 0.1) is 0 Å². The molecule has 0 saturated heterocycles. The standard InChI is InChI=1S/C20H17N2O4/c1-13-18(19(26-22-13)17-10-8-15(12-23)9-11-17)21-20(24)25-14(2)16-6-4-3-5-7-16/h3-11,14H,1-2H3,(H,21,24)/t14-/m1/s1. The van der Waals surface area contributed by atoms with Crippen molar-refractivity contribution in [2.75, 3.05) is 5.32 Å². The topological polar surface area (TPSA) is 81.4 Å². The van der Waals surface area contributed by atoms with Crippen LogP contribution < -0.4 is 5.32 Å². The summed E-state index contributed by atoms with van der Waals surface area (Å²) in [6, 6.07) is 16.1. The van der Waals surface area contributed by atoms with E-state index >= 15 is 0 Å². The zero-order valence-electron chi connectivity index (χ0n) is 14.4. The minimum absolute atomic E-state index is 0.393. The SMILES string of the molecule is Cc1noc(-c2ccc([C]=O)cc2)c1NC(=O)O[C@H](C)c1ccccc1. The molecule has 6 heteroatoms. The van der Waals surface area contributed by atoms with E-state index in [4.69, 9.17) is 9.26 Å². The first kappa shape index (κ1) is 17.4. The van der Waals surface area contributed by atoms with Crippen molar-refractivity contribution >= 4 is 18.1 Å². The average molecular weight is 349 g/mol. The number of benzene rings is 2. The molecule has 1 amide bonds. The van der Waals surface area contributed by atoms with Crippen molar-refractivity contribution in [3.63, 3.8) is 0 Å². The number of nitrogens with zero attached hydrogens (tertiary/aromatic N) is 1. The Kier molecular flexibility index (Phi) is 5.12. The lowest BCUT2D eigenvalue weighted by Gasteiger charge is -2.14. The Morgan fingerprint density at radius 2 is 1.85 bits per heavy atom. The molecule has 1 heterocycles. The first-order valence-electron chi connectivity index (χ1n) is 8.06. The van der Waals surface area contributed by atoms with Crippen LogP contribution in [0.2, 0.25) is 0 Å². The maximum absolute atomic E-state index is 12.3. The van der Waals surface area contributed by atoms with E-state index < -0.39 is 12.2 Å². The molecule has 0 unspecified atom stereocenters. The summed E-state index contributed by atoms with van der Waals surface area (Å²) in [4.78, 5) is 22.9. The third kappa shape index (κ3) is 3.80. The van der Waals surface area contributed by atoms with Gasteiger partial charge in [0.2, 0.25) is 6.29 Å². The van der Waals surface area contributed by atoms with E-state index in [-0.39, 0.29) is 0 Å². The monoisotopic (exact) mass is 349 g/mol. The van der Waals surface area contributed by atoms with Gasteiger partial charge >= 0.3 is 6.09 Å². The third-order valence-electron chi connectivity index (χ3n) is 3.91. The van der Waals surface area contributed by atoms with Crippen LogP contribution in [0.5, 0.6) is 0 Å². The number of anilines is 1. The van der Waals surface area contributed by atoms with Crippen molar-refractivity contribution in [1.82, 2.24) is 5.16 Å². The average Bonchev–Trinajstić information content (AvgIpc) is 3.03. The lowest BCUT2D eigenvalue weighted by atomic mass is 10.1. The van der Waals surface area contributed by atoms with Gasteiger partial charge in [0.25, 0.3) is 0 Å². The molecule has 26 heavy (non-hydrogen) atoms. The molecule has 0 aliphatic carbocycles. The van der Waals surface area contributed by atoms with Crippen LogP contribution >= 0.6 is 0 Å². The van der Waals surface area contributed by atoms with Crippen LogP contribution in [0.15, 0.2) is 59.1 Å². The molecule has 0 fully saturated rings. The number of hydrogen-bond acceptors (Lipinski definition) is 5. The van der Waals surface area contributed by atoms with E-state index in [1.807, 2.05) is 36.6 Å². The Hall–Kier alpha value is -3.41.